The molecule has 0 saturated heterocycles. The molecule has 0 fully saturated rings. The first-order valence-electron chi connectivity index (χ1n) is 11.9. The first kappa shape index (κ1) is 27.9. The van der Waals surface area contributed by atoms with Gasteiger partial charge in [0, 0.05) is 5.56 Å². The van der Waals surface area contributed by atoms with Gasteiger partial charge in [0.1, 0.15) is 11.6 Å². The molecule has 0 aliphatic rings. The number of rotatable bonds is 12. The number of methoxy groups -OCH3 is 1. The average Bonchev–Trinajstić information content (AvgIpc) is 2.93. The van der Waals surface area contributed by atoms with E-state index in [0.717, 1.165) is 25.0 Å². The van der Waals surface area contributed by atoms with Crippen molar-refractivity contribution in [1.82, 2.24) is 10.7 Å². The SMILES string of the molecule is CCCCOc1ccc(C(=O)Oc2ccc(/C=N\NC(=O)CNC(=O)c3ccc(F)cc3)cc2OC)cc1. The van der Waals surface area contributed by atoms with Crippen LogP contribution in [0.2, 0.25) is 0 Å². The highest BCUT2D eigenvalue weighted by Gasteiger charge is 2.13. The standard InChI is InChI=1S/C28H28FN3O6/c1-3-4-15-37-23-12-8-21(9-13-23)28(35)38-24-14-5-19(16-25(24)36-2)17-31-32-26(33)18-30-27(34)20-6-10-22(29)11-7-20/h5-14,16-17H,3-4,15,18H2,1-2H3,(H,30,34)(H,32,33)/b31-17-. The van der Waals surface area contributed by atoms with Gasteiger partial charge in [-0.3, -0.25) is 9.59 Å². The van der Waals surface area contributed by atoms with Crippen LogP contribution < -0.4 is 25.0 Å². The summed E-state index contributed by atoms with van der Waals surface area (Å²) < 4.78 is 29.3. The molecule has 10 heteroatoms. The number of esters is 1. The molecule has 2 amide bonds. The number of carbonyl (C=O) groups excluding carboxylic acids is 3. The number of nitrogens with zero attached hydrogens (tertiary/aromatic N) is 1. The van der Waals surface area contributed by atoms with Crippen molar-refractivity contribution < 1.29 is 33.0 Å². The number of benzene rings is 3. The zero-order chi connectivity index (χ0) is 27.3. The number of carbonyl (C=O) groups is 3. The highest BCUT2D eigenvalue weighted by molar-refractivity contribution is 5.96. The zero-order valence-corrected chi connectivity index (χ0v) is 21.0. The van der Waals surface area contributed by atoms with Crippen LogP contribution in [-0.2, 0) is 4.79 Å². The van der Waals surface area contributed by atoms with Gasteiger partial charge in [0.15, 0.2) is 11.5 Å². The lowest BCUT2D eigenvalue weighted by Crippen LogP contribution is -2.34. The van der Waals surface area contributed by atoms with Crippen LogP contribution in [0.1, 0.15) is 46.0 Å². The summed E-state index contributed by atoms with van der Waals surface area (Å²) in [5.41, 5.74) is 3.44. The molecule has 3 aromatic carbocycles. The van der Waals surface area contributed by atoms with Gasteiger partial charge < -0.3 is 19.5 Å². The summed E-state index contributed by atoms with van der Waals surface area (Å²) in [6, 6.07) is 16.4. The molecule has 0 spiro atoms. The van der Waals surface area contributed by atoms with Crippen molar-refractivity contribution in [3.05, 3.63) is 89.2 Å². The number of hydrazone groups is 1. The molecule has 0 aliphatic carbocycles. The molecule has 198 valence electrons. The number of hydrogen-bond acceptors (Lipinski definition) is 7. The molecule has 0 saturated carbocycles. The van der Waals surface area contributed by atoms with E-state index in [1.54, 1.807) is 42.5 Å². The maximum atomic E-state index is 12.9. The summed E-state index contributed by atoms with van der Waals surface area (Å²) in [5.74, 6) is -0.912. The Morgan fingerprint density at radius 2 is 1.66 bits per heavy atom. The number of halogens is 1. The molecule has 0 radical (unpaired) electrons. The molecule has 3 rings (SSSR count). The molecule has 0 heterocycles. The monoisotopic (exact) mass is 521 g/mol. The van der Waals surface area contributed by atoms with Crippen LogP contribution in [0.3, 0.4) is 0 Å². The lowest BCUT2D eigenvalue weighted by Gasteiger charge is -2.10. The van der Waals surface area contributed by atoms with E-state index in [-0.39, 0.29) is 17.9 Å². The minimum Gasteiger partial charge on any atom is -0.494 e. The van der Waals surface area contributed by atoms with E-state index in [4.69, 9.17) is 14.2 Å². The van der Waals surface area contributed by atoms with Gasteiger partial charge in [0.05, 0.1) is 32.0 Å². The predicted molar refractivity (Wildman–Crippen MR) is 139 cm³/mol. The second-order valence-corrected chi connectivity index (χ2v) is 8.01. The summed E-state index contributed by atoms with van der Waals surface area (Å²) in [5, 5.41) is 6.27. The minimum atomic E-state index is -0.559. The van der Waals surface area contributed by atoms with Crippen molar-refractivity contribution in [2.75, 3.05) is 20.3 Å². The van der Waals surface area contributed by atoms with Crippen LogP contribution in [0.25, 0.3) is 0 Å². The Morgan fingerprint density at radius 3 is 2.34 bits per heavy atom. The molecule has 3 aromatic rings. The smallest absolute Gasteiger partial charge is 0.343 e. The average molecular weight is 522 g/mol. The van der Waals surface area contributed by atoms with Crippen molar-refractivity contribution in [2.24, 2.45) is 5.10 Å². The largest absolute Gasteiger partial charge is 0.494 e. The van der Waals surface area contributed by atoms with Crippen LogP contribution in [0.5, 0.6) is 17.2 Å². The van der Waals surface area contributed by atoms with E-state index >= 15 is 0 Å². The molecule has 2 N–H and O–H groups in total. The minimum absolute atomic E-state index is 0.213. The van der Waals surface area contributed by atoms with Crippen LogP contribution in [0.15, 0.2) is 71.8 Å². The fraction of sp³-hybridized carbons (Fsp3) is 0.214. The maximum Gasteiger partial charge on any atom is 0.343 e. The maximum absolute atomic E-state index is 12.9. The lowest BCUT2D eigenvalue weighted by atomic mass is 10.2. The van der Waals surface area contributed by atoms with E-state index in [1.807, 2.05) is 0 Å². The Balaban J connectivity index is 1.51. The van der Waals surface area contributed by atoms with Gasteiger partial charge in [0.2, 0.25) is 0 Å². The van der Waals surface area contributed by atoms with Gasteiger partial charge >= 0.3 is 5.97 Å². The summed E-state index contributed by atoms with van der Waals surface area (Å²) in [7, 11) is 1.43. The number of unbranched alkanes of at least 4 members (excludes halogenated alkanes) is 1. The van der Waals surface area contributed by atoms with Gasteiger partial charge in [-0.2, -0.15) is 5.10 Å². The number of amides is 2. The van der Waals surface area contributed by atoms with Gasteiger partial charge in [-0.05, 0) is 78.7 Å². The van der Waals surface area contributed by atoms with Crippen LogP contribution in [0.4, 0.5) is 4.39 Å². The molecule has 9 nitrogen and oxygen atoms in total. The topological polar surface area (TPSA) is 115 Å². The quantitative estimate of drug-likeness (QED) is 0.122. The van der Waals surface area contributed by atoms with Crippen molar-refractivity contribution >= 4 is 24.0 Å². The van der Waals surface area contributed by atoms with Crippen molar-refractivity contribution in [1.29, 1.82) is 0 Å². The molecule has 38 heavy (non-hydrogen) atoms. The number of nitrogens with one attached hydrogen (secondary N) is 2. The second kappa shape index (κ2) is 14.1. The van der Waals surface area contributed by atoms with E-state index in [9.17, 15) is 18.8 Å². The van der Waals surface area contributed by atoms with E-state index in [2.05, 4.69) is 22.8 Å². The number of ether oxygens (including phenoxy) is 3. The zero-order valence-electron chi connectivity index (χ0n) is 21.0. The highest BCUT2D eigenvalue weighted by atomic mass is 19.1. The van der Waals surface area contributed by atoms with Crippen LogP contribution in [-0.4, -0.2) is 44.3 Å². The van der Waals surface area contributed by atoms with Crippen LogP contribution in [0, 0.1) is 5.82 Å². The third kappa shape index (κ3) is 8.44. The summed E-state index contributed by atoms with van der Waals surface area (Å²) >= 11 is 0. The van der Waals surface area contributed by atoms with Gasteiger partial charge in [-0.25, -0.2) is 14.6 Å². The predicted octanol–water partition coefficient (Wildman–Crippen LogP) is 4.11. The molecule has 0 unspecified atom stereocenters. The second-order valence-electron chi connectivity index (χ2n) is 8.01. The van der Waals surface area contributed by atoms with Crippen molar-refractivity contribution in [3.63, 3.8) is 0 Å². The Kier molecular flexibility index (Phi) is 10.3. The third-order valence-electron chi connectivity index (χ3n) is 5.17. The van der Waals surface area contributed by atoms with E-state index in [0.29, 0.717) is 29.2 Å². The Labute approximate surface area is 219 Å². The molecule has 0 aliphatic heterocycles. The first-order valence-corrected chi connectivity index (χ1v) is 11.9. The molecular formula is C28H28FN3O6. The summed E-state index contributed by atoms with van der Waals surface area (Å²) in [6.07, 6.45) is 3.35. The normalized spacial score (nSPS) is 10.6. The van der Waals surface area contributed by atoms with Gasteiger partial charge in [-0.1, -0.05) is 13.3 Å². The molecule has 0 bridgehead atoms. The molecule has 0 atom stereocenters. The molecule has 0 aromatic heterocycles. The Morgan fingerprint density at radius 1 is 0.947 bits per heavy atom. The van der Waals surface area contributed by atoms with E-state index < -0.39 is 23.6 Å². The Bertz CT molecular complexity index is 1280. The number of hydrogen-bond donors (Lipinski definition) is 2. The fourth-order valence-electron chi connectivity index (χ4n) is 3.11. The van der Waals surface area contributed by atoms with Crippen molar-refractivity contribution in [2.45, 2.75) is 19.8 Å². The Hall–Kier alpha value is -4.73. The lowest BCUT2D eigenvalue weighted by molar-refractivity contribution is -0.120. The van der Waals surface area contributed by atoms with Gasteiger partial charge in [-0.15, -0.1) is 0 Å². The summed E-state index contributed by atoms with van der Waals surface area (Å²) in [4.78, 5) is 36.5. The summed E-state index contributed by atoms with van der Waals surface area (Å²) in [6.45, 7) is 2.37. The van der Waals surface area contributed by atoms with Gasteiger partial charge in [0.25, 0.3) is 11.8 Å². The fourth-order valence-corrected chi connectivity index (χ4v) is 3.11. The van der Waals surface area contributed by atoms with Crippen LogP contribution >= 0.6 is 0 Å². The van der Waals surface area contributed by atoms with Crippen molar-refractivity contribution in [3.8, 4) is 17.2 Å². The third-order valence-corrected chi connectivity index (χ3v) is 5.17. The first-order chi connectivity index (χ1) is 18.4. The van der Waals surface area contributed by atoms with E-state index in [1.165, 1.54) is 25.5 Å². The highest BCUT2D eigenvalue weighted by Crippen LogP contribution is 2.28. The molecular weight excluding hydrogens is 493 g/mol.